The lowest BCUT2D eigenvalue weighted by Gasteiger charge is -2.18. The van der Waals surface area contributed by atoms with Crippen molar-refractivity contribution in [3.8, 4) is 0 Å². The van der Waals surface area contributed by atoms with E-state index < -0.39 is 39.1 Å². The number of hydrogen-bond donors (Lipinski definition) is 2. The van der Waals surface area contributed by atoms with Crippen molar-refractivity contribution < 1.29 is 42.7 Å². The quantitative estimate of drug-likeness (QED) is 0.0183. The van der Waals surface area contributed by atoms with Crippen molar-refractivity contribution in [1.82, 2.24) is 0 Å². The van der Waals surface area contributed by atoms with E-state index >= 15 is 0 Å². The third-order valence-electron chi connectivity index (χ3n) is 6.99. The van der Waals surface area contributed by atoms with E-state index in [1.165, 1.54) is 38.2 Å². The van der Waals surface area contributed by atoms with Crippen molar-refractivity contribution in [3.05, 3.63) is 60.8 Å². The molecule has 0 aromatic carbocycles. The van der Waals surface area contributed by atoms with Crippen LogP contribution >= 0.6 is 7.82 Å². The number of carbonyl (C=O) groups excluding carboxylic acids is 3. The zero-order chi connectivity index (χ0) is 34.9. The van der Waals surface area contributed by atoms with Crippen LogP contribution in [-0.2, 0) is 32.9 Å². The SMILES string of the molecule is CCCC/C=C\CCCCCCCC(=O)O[C@H](COC(=O)CCCC(=O)/C=C/C=C\C/C=C\C/C=C\CCCCC)COP(=O)(O)O. The summed E-state index contributed by atoms with van der Waals surface area (Å²) in [4.78, 5) is 54.6. The number of hydrogen-bond acceptors (Lipinski definition) is 7. The second-order valence-electron chi connectivity index (χ2n) is 11.5. The number of phosphoric ester groups is 1. The first-order valence-corrected chi connectivity index (χ1v) is 19.1. The number of ketones is 1. The third kappa shape index (κ3) is 34.6. The highest BCUT2D eigenvalue weighted by Crippen LogP contribution is 2.35. The van der Waals surface area contributed by atoms with E-state index in [2.05, 4.69) is 54.8 Å². The van der Waals surface area contributed by atoms with Crippen LogP contribution in [0.5, 0.6) is 0 Å². The molecule has 0 heterocycles. The Morgan fingerprint density at radius 1 is 0.617 bits per heavy atom. The minimum absolute atomic E-state index is 0.0260. The van der Waals surface area contributed by atoms with Crippen molar-refractivity contribution in [3.63, 3.8) is 0 Å². The normalized spacial score (nSPS) is 13.1. The summed E-state index contributed by atoms with van der Waals surface area (Å²) < 4.78 is 26.0. The zero-order valence-corrected chi connectivity index (χ0v) is 29.8. The lowest BCUT2D eigenvalue weighted by atomic mass is 10.1. The number of carbonyl (C=O) groups is 3. The van der Waals surface area contributed by atoms with Crippen LogP contribution in [-0.4, -0.2) is 46.8 Å². The van der Waals surface area contributed by atoms with Crippen LogP contribution < -0.4 is 0 Å². The first-order chi connectivity index (χ1) is 22.7. The van der Waals surface area contributed by atoms with Gasteiger partial charge in [-0.1, -0.05) is 113 Å². The van der Waals surface area contributed by atoms with Gasteiger partial charge in [-0.15, -0.1) is 0 Å². The number of esters is 2. The Bertz CT molecular complexity index is 1010. The van der Waals surface area contributed by atoms with Gasteiger partial charge in [-0.3, -0.25) is 18.9 Å². The van der Waals surface area contributed by atoms with Gasteiger partial charge in [0.05, 0.1) is 6.61 Å². The van der Waals surface area contributed by atoms with Crippen molar-refractivity contribution in [2.45, 2.75) is 142 Å². The van der Waals surface area contributed by atoms with Gasteiger partial charge in [0.25, 0.3) is 0 Å². The molecule has 0 aliphatic rings. The molecule has 0 spiro atoms. The molecule has 0 aliphatic heterocycles. The molecule has 0 aliphatic carbocycles. The van der Waals surface area contributed by atoms with Gasteiger partial charge in [-0.05, 0) is 63.9 Å². The molecule has 0 fully saturated rings. The van der Waals surface area contributed by atoms with Gasteiger partial charge in [-0.25, -0.2) is 4.57 Å². The summed E-state index contributed by atoms with van der Waals surface area (Å²) >= 11 is 0. The molecule has 9 nitrogen and oxygen atoms in total. The highest BCUT2D eigenvalue weighted by molar-refractivity contribution is 7.46. The maximum absolute atomic E-state index is 12.3. The van der Waals surface area contributed by atoms with Gasteiger partial charge in [0.15, 0.2) is 11.9 Å². The summed E-state index contributed by atoms with van der Waals surface area (Å²) in [6.45, 7) is 3.36. The first-order valence-electron chi connectivity index (χ1n) is 17.5. The monoisotopic (exact) mass is 680 g/mol. The van der Waals surface area contributed by atoms with Crippen molar-refractivity contribution in [1.29, 1.82) is 0 Å². The molecule has 0 radical (unpaired) electrons. The standard InChI is InChI=1S/C37H61O9P/c1-3-5-7-9-11-13-15-16-18-19-21-23-25-28-34(38)29-27-31-36(39)44-32-35(33-45-47(41,42)43)46-37(40)30-26-24-22-20-17-14-12-10-8-6-4-2/h10-13,16,18,21,23,25,28,35H,3-9,14-15,17,19-20,22,24,26-27,29-33H2,1-2H3,(H2,41,42,43)/b12-10-,13-11-,18-16-,23-21-,28-25+/t35-/m1/s1. The Hall–Kier alpha value is -2.58. The molecule has 0 aromatic heterocycles. The van der Waals surface area contributed by atoms with Crippen LogP contribution in [0, 0.1) is 0 Å². The van der Waals surface area contributed by atoms with Crippen molar-refractivity contribution in [2.24, 2.45) is 0 Å². The largest absolute Gasteiger partial charge is 0.469 e. The Morgan fingerprint density at radius 2 is 1.19 bits per heavy atom. The zero-order valence-electron chi connectivity index (χ0n) is 28.9. The highest BCUT2D eigenvalue weighted by atomic mass is 31.2. The van der Waals surface area contributed by atoms with Crippen LogP contribution in [0.25, 0.3) is 0 Å². The maximum atomic E-state index is 12.3. The van der Waals surface area contributed by atoms with Crippen molar-refractivity contribution >= 4 is 25.5 Å². The molecule has 0 saturated heterocycles. The van der Waals surface area contributed by atoms with E-state index in [-0.39, 0.29) is 31.5 Å². The Balaban J connectivity index is 4.24. The van der Waals surface area contributed by atoms with E-state index in [9.17, 15) is 18.9 Å². The first kappa shape index (κ1) is 44.4. The number of allylic oxidation sites excluding steroid dienone is 10. The minimum Gasteiger partial charge on any atom is -0.462 e. The van der Waals surface area contributed by atoms with E-state index in [0.29, 0.717) is 6.42 Å². The molecular weight excluding hydrogens is 619 g/mol. The average molecular weight is 681 g/mol. The molecule has 0 amide bonds. The Labute approximate surface area is 283 Å². The fraction of sp³-hybridized carbons (Fsp3) is 0.649. The van der Waals surface area contributed by atoms with E-state index in [4.69, 9.17) is 19.3 Å². The fourth-order valence-corrected chi connectivity index (χ4v) is 4.67. The molecule has 268 valence electrons. The second-order valence-corrected chi connectivity index (χ2v) is 12.8. The maximum Gasteiger partial charge on any atom is 0.469 e. The van der Waals surface area contributed by atoms with E-state index in [1.54, 1.807) is 6.08 Å². The van der Waals surface area contributed by atoms with Crippen LogP contribution in [0.4, 0.5) is 0 Å². The van der Waals surface area contributed by atoms with Crippen molar-refractivity contribution in [2.75, 3.05) is 13.2 Å². The Morgan fingerprint density at radius 3 is 1.89 bits per heavy atom. The summed E-state index contributed by atoms with van der Waals surface area (Å²) in [7, 11) is -4.80. The predicted molar refractivity (Wildman–Crippen MR) is 189 cm³/mol. The average Bonchev–Trinajstić information content (AvgIpc) is 3.03. The summed E-state index contributed by atoms with van der Waals surface area (Å²) in [6, 6.07) is 0. The van der Waals surface area contributed by atoms with Gasteiger partial charge in [0, 0.05) is 19.3 Å². The lowest BCUT2D eigenvalue weighted by molar-refractivity contribution is -0.161. The van der Waals surface area contributed by atoms with Gasteiger partial charge in [-0.2, -0.15) is 0 Å². The lowest BCUT2D eigenvalue weighted by Crippen LogP contribution is -2.29. The van der Waals surface area contributed by atoms with Gasteiger partial charge >= 0.3 is 19.8 Å². The molecule has 0 saturated carbocycles. The molecule has 0 aromatic rings. The molecule has 0 unspecified atom stereocenters. The van der Waals surface area contributed by atoms with E-state index in [1.807, 2.05) is 12.2 Å². The summed E-state index contributed by atoms with van der Waals surface area (Å²) in [6.07, 6.45) is 35.3. The molecule has 0 rings (SSSR count). The number of phosphoric acid groups is 1. The molecule has 47 heavy (non-hydrogen) atoms. The minimum atomic E-state index is -4.80. The molecule has 0 bridgehead atoms. The third-order valence-corrected chi connectivity index (χ3v) is 7.47. The molecule has 10 heteroatoms. The highest BCUT2D eigenvalue weighted by Gasteiger charge is 2.23. The molecule has 2 N–H and O–H groups in total. The second kappa shape index (κ2) is 32.0. The molecule has 1 atom stereocenters. The number of ether oxygens (including phenoxy) is 2. The topological polar surface area (TPSA) is 136 Å². The summed E-state index contributed by atoms with van der Waals surface area (Å²) in [5.74, 6) is -1.28. The summed E-state index contributed by atoms with van der Waals surface area (Å²) in [5, 5.41) is 0. The fourth-order valence-electron chi connectivity index (χ4n) is 4.30. The number of unbranched alkanes of at least 4 members (excludes halogenated alkanes) is 10. The van der Waals surface area contributed by atoms with Gasteiger partial charge < -0.3 is 19.3 Å². The van der Waals surface area contributed by atoms with E-state index in [0.717, 1.165) is 57.8 Å². The summed E-state index contributed by atoms with van der Waals surface area (Å²) in [5.41, 5.74) is 0. The predicted octanol–water partition coefficient (Wildman–Crippen LogP) is 9.35. The van der Waals surface area contributed by atoms with Crippen LogP contribution in [0.15, 0.2) is 60.8 Å². The van der Waals surface area contributed by atoms with Crippen LogP contribution in [0.3, 0.4) is 0 Å². The van der Waals surface area contributed by atoms with Crippen LogP contribution in [0.2, 0.25) is 0 Å². The molecular formula is C37H61O9P. The Kier molecular flexibility index (Phi) is 30.2. The van der Waals surface area contributed by atoms with Gasteiger partial charge in [0.1, 0.15) is 6.61 Å². The van der Waals surface area contributed by atoms with Crippen LogP contribution in [0.1, 0.15) is 136 Å². The smallest absolute Gasteiger partial charge is 0.462 e. The number of rotatable bonds is 31. The van der Waals surface area contributed by atoms with Gasteiger partial charge in [0.2, 0.25) is 0 Å².